The highest BCUT2D eigenvalue weighted by atomic mass is 35.5. The van der Waals surface area contributed by atoms with Crippen molar-refractivity contribution in [1.29, 1.82) is 0 Å². The van der Waals surface area contributed by atoms with Crippen LogP contribution in [0, 0.1) is 12.8 Å². The molecule has 0 aliphatic heterocycles. The van der Waals surface area contributed by atoms with Gasteiger partial charge in [0.15, 0.2) is 0 Å². The number of hydrogen-bond acceptors (Lipinski definition) is 3. The van der Waals surface area contributed by atoms with Gasteiger partial charge in [-0.05, 0) is 43.4 Å². The van der Waals surface area contributed by atoms with Crippen molar-refractivity contribution < 1.29 is 8.42 Å². The van der Waals surface area contributed by atoms with Crippen molar-refractivity contribution in [2.75, 3.05) is 6.54 Å². The molecule has 6 heteroatoms. The molecular weight excluding hydrogens is 308 g/mol. The van der Waals surface area contributed by atoms with Gasteiger partial charge < -0.3 is 5.73 Å². The van der Waals surface area contributed by atoms with E-state index in [1.165, 1.54) is 6.07 Å². The molecule has 21 heavy (non-hydrogen) atoms. The van der Waals surface area contributed by atoms with E-state index in [9.17, 15) is 8.42 Å². The molecule has 2 atom stereocenters. The van der Waals surface area contributed by atoms with Gasteiger partial charge in [-0.2, -0.15) is 0 Å². The maximum Gasteiger partial charge on any atom is 0.241 e. The van der Waals surface area contributed by atoms with E-state index in [1.807, 2.05) is 0 Å². The quantitative estimate of drug-likeness (QED) is 0.891. The maximum atomic E-state index is 12.8. The van der Waals surface area contributed by atoms with Crippen LogP contribution in [0.3, 0.4) is 0 Å². The van der Waals surface area contributed by atoms with E-state index in [1.54, 1.807) is 19.1 Å². The average molecular weight is 331 g/mol. The van der Waals surface area contributed by atoms with Crippen molar-refractivity contribution in [3.05, 3.63) is 28.8 Å². The number of hydrogen-bond donors (Lipinski definition) is 2. The third-order valence-electron chi connectivity index (χ3n) is 4.59. The van der Waals surface area contributed by atoms with Crippen LogP contribution in [0.2, 0.25) is 5.02 Å². The summed E-state index contributed by atoms with van der Waals surface area (Å²) in [4.78, 5) is 0.237. The lowest BCUT2D eigenvalue weighted by Crippen LogP contribution is -2.59. The fraction of sp³-hybridized carbons (Fsp3) is 0.600. The van der Waals surface area contributed by atoms with E-state index >= 15 is 0 Å². The second kappa shape index (κ2) is 6.24. The molecule has 0 spiro atoms. The fourth-order valence-corrected chi connectivity index (χ4v) is 5.14. The van der Waals surface area contributed by atoms with Crippen LogP contribution in [-0.4, -0.2) is 20.5 Å². The number of halogens is 1. The van der Waals surface area contributed by atoms with Crippen LogP contribution in [0.5, 0.6) is 0 Å². The van der Waals surface area contributed by atoms with Crippen LogP contribution in [0.15, 0.2) is 23.1 Å². The summed E-state index contributed by atoms with van der Waals surface area (Å²) < 4.78 is 28.4. The van der Waals surface area contributed by atoms with Crippen molar-refractivity contribution in [3.63, 3.8) is 0 Å². The zero-order valence-corrected chi connectivity index (χ0v) is 14.1. The van der Waals surface area contributed by atoms with Crippen molar-refractivity contribution >= 4 is 21.6 Å². The van der Waals surface area contributed by atoms with E-state index in [0.717, 1.165) is 25.7 Å². The molecule has 2 unspecified atom stereocenters. The SMILES string of the molecule is Cc1ccc(Cl)cc1S(=O)(=O)NC1(CN)CCCCC1C. The van der Waals surface area contributed by atoms with Crippen LogP contribution in [0.1, 0.15) is 38.2 Å². The molecule has 0 bridgehead atoms. The van der Waals surface area contributed by atoms with Gasteiger partial charge in [0.05, 0.1) is 4.90 Å². The van der Waals surface area contributed by atoms with E-state index < -0.39 is 15.6 Å². The Hall–Kier alpha value is -0.620. The average Bonchev–Trinajstić information content (AvgIpc) is 2.44. The number of nitrogens with one attached hydrogen (secondary N) is 1. The van der Waals surface area contributed by atoms with E-state index in [-0.39, 0.29) is 10.8 Å². The zero-order chi connectivity index (χ0) is 15.7. The minimum atomic E-state index is -3.63. The molecule has 118 valence electrons. The summed E-state index contributed by atoms with van der Waals surface area (Å²) in [5.41, 5.74) is 6.06. The van der Waals surface area contributed by atoms with Crippen LogP contribution in [-0.2, 0) is 10.0 Å². The molecular formula is C15H23ClN2O2S. The first-order valence-corrected chi connectivity index (χ1v) is 9.17. The largest absolute Gasteiger partial charge is 0.329 e. The maximum absolute atomic E-state index is 12.8. The predicted molar refractivity (Wildman–Crippen MR) is 85.9 cm³/mol. The van der Waals surface area contributed by atoms with E-state index in [4.69, 9.17) is 17.3 Å². The molecule has 1 aliphatic rings. The molecule has 3 N–H and O–H groups in total. The molecule has 1 aromatic rings. The van der Waals surface area contributed by atoms with Crippen LogP contribution < -0.4 is 10.5 Å². The minimum Gasteiger partial charge on any atom is -0.329 e. The first kappa shape index (κ1) is 16.7. The van der Waals surface area contributed by atoms with Crippen molar-refractivity contribution in [2.24, 2.45) is 11.7 Å². The van der Waals surface area contributed by atoms with Crippen molar-refractivity contribution in [2.45, 2.75) is 50.0 Å². The number of nitrogens with two attached hydrogens (primary N) is 1. The van der Waals surface area contributed by atoms with Crippen LogP contribution >= 0.6 is 11.6 Å². The lowest BCUT2D eigenvalue weighted by Gasteiger charge is -2.42. The van der Waals surface area contributed by atoms with Crippen LogP contribution in [0.25, 0.3) is 0 Å². The summed E-state index contributed by atoms with van der Waals surface area (Å²) in [6.45, 7) is 4.15. The first-order valence-electron chi connectivity index (χ1n) is 7.31. The second-order valence-electron chi connectivity index (χ2n) is 6.02. The Kier molecular flexibility index (Phi) is 4.98. The van der Waals surface area contributed by atoms with Gasteiger partial charge in [-0.3, -0.25) is 0 Å². The number of sulfonamides is 1. The number of benzene rings is 1. The standard InChI is InChI=1S/C15H23ClN2O2S/c1-11-6-7-13(16)9-14(11)21(19,20)18-15(10-17)8-4-3-5-12(15)2/h6-7,9,12,18H,3-5,8,10,17H2,1-2H3. The molecule has 1 fully saturated rings. The Labute approximate surface area is 132 Å². The topological polar surface area (TPSA) is 72.2 Å². The molecule has 0 heterocycles. The molecule has 1 aromatic carbocycles. The molecule has 0 aromatic heterocycles. The Morgan fingerprint density at radius 3 is 2.76 bits per heavy atom. The van der Waals surface area contributed by atoms with Crippen molar-refractivity contribution in [3.8, 4) is 0 Å². The van der Waals surface area contributed by atoms with Crippen molar-refractivity contribution in [1.82, 2.24) is 4.72 Å². The Bertz CT molecular complexity index is 618. The number of aryl methyl sites for hydroxylation is 1. The third-order valence-corrected chi connectivity index (χ3v) is 6.52. The molecule has 0 saturated heterocycles. The second-order valence-corrected chi connectivity index (χ2v) is 8.11. The van der Waals surface area contributed by atoms with Gasteiger partial charge >= 0.3 is 0 Å². The summed E-state index contributed by atoms with van der Waals surface area (Å²) in [6.07, 6.45) is 3.90. The summed E-state index contributed by atoms with van der Waals surface area (Å²) in [6, 6.07) is 4.91. The first-order chi connectivity index (χ1) is 9.81. The molecule has 0 amide bonds. The Morgan fingerprint density at radius 1 is 1.43 bits per heavy atom. The highest BCUT2D eigenvalue weighted by molar-refractivity contribution is 7.89. The smallest absolute Gasteiger partial charge is 0.241 e. The fourth-order valence-electron chi connectivity index (χ4n) is 3.10. The van der Waals surface area contributed by atoms with Gasteiger partial charge in [-0.15, -0.1) is 0 Å². The van der Waals surface area contributed by atoms with Gasteiger partial charge in [0.2, 0.25) is 10.0 Å². The van der Waals surface area contributed by atoms with Gasteiger partial charge in [0.25, 0.3) is 0 Å². The highest BCUT2D eigenvalue weighted by Gasteiger charge is 2.40. The van der Waals surface area contributed by atoms with Gasteiger partial charge in [-0.25, -0.2) is 13.1 Å². The van der Waals surface area contributed by atoms with Gasteiger partial charge in [0, 0.05) is 17.1 Å². The molecule has 4 nitrogen and oxygen atoms in total. The monoisotopic (exact) mass is 330 g/mol. The zero-order valence-electron chi connectivity index (χ0n) is 12.5. The van der Waals surface area contributed by atoms with E-state index in [0.29, 0.717) is 17.1 Å². The lowest BCUT2D eigenvalue weighted by atomic mass is 9.74. The summed E-state index contributed by atoms with van der Waals surface area (Å²) in [5.74, 6) is 0.227. The lowest BCUT2D eigenvalue weighted by molar-refractivity contribution is 0.191. The molecule has 1 aliphatic carbocycles. The van der Waals surface area contributed by atoms with Gasteiger partial charge in [0.1, 0.15) is 0 Å². The molecule has 1 saturated carbocycles. The van der Waals surface area contributed by atoms with E-state index in [2.05, 4.69) is 11.6 Å². The molecule has 2 rings (SSSR count). The summed E-state index contributed by atoms with van der Waals surface area (Å²) >= 11 is 5.95. The molecule has 0 radical (unpaired) electrons. The summed E-state index contributed by atoms with van der Waals surface area (Å²) in [7, 11) is -3.63. The Morgan fingerprint density at radius 2 is 2.14 bits per heavy atom. The Balaban J connectivity index is 2.37. The van der Waals surface area contributed by atoms with Gasteiger partial charge in [-0.1, -0.05) is 37.4 Å². The summed E-state index contributed by atoms with van der Waals surface area (Å²) in [5, 5.41) is 0.416. The highest BCUT2D eigenvalue weighted by Crippen LogP contribution is 2.34. The minimum absolute atomic E-state index is 0.227. The van der Waals surface area contributed by atoms with Crippen LogP contribution in [0.4, 0.5) is 0 Å². The normalized spacial score (nSPS) is 26.8. The third kappa shape index (κ3) is 3.42. The predicted octanol–water partition coefficient (Wildman–Crippen LogP) is 2.83. The number of rotatable bonds is 4.